The van der Waals surface area contributed by atoms with Crippen LogP contribution in [-0.2, 0) is 4.74 Å². The molecule has 0 saturated carbocycles. The molecule has 0 aromatic heterocycles. The monoisotopic (exact) mass is 130 g/mol. The molecular weight excluding hydrogens is 112 g/mol. The van der Waals surface area contributed by atoms with Gasteiger partial charge in [0.25, 0.3) is 0 Å². The Morgan fingerprint density at radius 1 is 1.44 bits per heavy atom. The zero-order valence-electron chi connectivity index (χ0n) is 7.19. The fraction of sp³-hybridized carbons (Fsp3) is 0.750. The lowest BCUT2D eigenvalue weighted by atomic mass is 10.2. The molecule has 0 heterocycles. The van der Waals surface area contributed by atoms with Crippen LogP contribution >= 0.6 is 0 Å². The molecule has 0 aliphatic rings. The fourth-order valence-electron chi connectivity index (χ4n) is 0.204. The highest BCUT2D eigenvalue weighted by molar-refractivity contribution is 4.93. The first-order chi connectivity index (χ1) is 4.22. The molecule has 0 radical (unpaired) electrons. The first-order valence-corrected chi connectivity index (χ1v) is 3.24. The maximum Gasteiger partial charge on any atom is 0.0351 e. The summed E-state index contributed by atoms with van der Waals surface area (Å²) in [5, 5.41) is 0. The standard InChI is InChI=1S/C6H12.C2H6O/c1-4-6(3)5-2;1-3-2/h4H,5H2,1-3H3;1-2H3. The maximum atomic E-state index is 4.25. The molecule has 0 aromatic carbocycles. The Bertz CT molecular complexity index is 65.0. The van der Waals surface area contributed by atoms with Gasteiger partial charge in [-0.25, -0.2) is 0 Å². The van der Waals surface area contributed by atoms with Gasteiger partial charge in [0.2, 0.25) is 0 Å². The highest BCUT2D eigenvalue weighted by Crippen LogP contribution is 1.94. The Kier molecular flexibility index (Phi) is 13.6. The van der Waals surface area contributed by atoms with Crippen molar-refractivity contribution in [2.75, 3.05) is 14.2 Å². The van der Waals surface area contributed by atoms with Crippen LogP contribution in [0.5, 0.6) is 0 Å². The molecule has 0 aromatic rings. The lowest BCUT2D eigenvalue weighted by molar-refractivity contribution is 0.277. The van der Waals surface area contributed by atoms with E-state index in [9.17, 15) is 0 Å². The van der Waals surface area contributed by atoms with Gasteiger partial charge in [-0.15, -0.1) is 0 Å². The van der Waals surface area contributed by atoms with Gasteiger partial charge in [0.1, 0.15) is 0 Å². The van der Waals surface area contributed by atoms with E-state index in [-0.39, 0.29) is 0 Å². The highest BCUT2D eigenvalue weighted by atomic mass is 16.4. The quantitative estimate of drug-likeness (QED) is 0.496. The summed E-state index contributed by atoms with van der Waals surface area (Å²) < 4.78 is 4.25. The van der Waals surface area contributed by atoms with Gasteiger partial charge in [-0.1, -0.05) is 18.6 Å². The summed E-state index contributed by atoms with van der Waals surface area (Å²) in [6.45, 7) is 6.37. The average molecular weight is 130 g/mol. The van der Waals surface area contributed by atoms with Crippen LogP contribution in [0.15, 0.2) is 11.6 Å². The van der Waals surface area contributed by atoms with Crippen molar-refractivity contribution in [3.05, 3.63) is 11.6 Å². The molecule has 0 spiro atoms. The SMILES string of the molecule is CC=C(C)CC.COC. The van der Waals surface area contributed by atoms with E-state index in [0.29, 0.717) is 0 Å². The van der Waals surface area contributed by atoms with Crippen LogP contribution in [0.3, 0.4) is 0 Å². The molecular formula is C8H18O. The molecule has 0 aliphatic carbocycles. The molecule has 1 heteroatoms. The number of ether oxygens (including phenoxy) is 1. The lowest BCUT2D eigenvalue weighted by Crippen LogP contribution is -1.63. The third-order valence-corrected chi connectivity index (χ3v) is 1.05. The Labute approximate surface area is 58.7 Å². The van der Waals surface area contributed by atoms with Gasteiger partial charge < -0.3 is 4.74 Å². The van der Waals surface area contributed by atoms with Crippen LogP contribution in [-0.4, -0.2) is 14.2 Å². The summed E-state index contributed by atoms with van der Waals surface area (Å²) in [6, 6.07) is 0. The zero-order chi connectivity index (χ0) is 7.70. The van der Waals surface area contributed by atoms with Crippen molar-refractivity contribution in [1.82, 2.24) is 0 Å². The molecule has 0 rings (SSSR count). The summed E-state index contributed by atoms with van der Waals surface area (Å²) in [6.07, 6.45) is 3.33. The summed E-state index contributed by atoms with van der Waals surface area (Å²) in [7, 11) is 3.25. The molecule has 0 saturated heterocycles. The molecule has 0 amide bonds. The number of hydrogen-bond acceptors (Lipinski definition) is 1. The van der Waals surface area contributed by atoms with E-state index in [0.717, 1.165) is 0 Å². The second kappa shape index (κ2) is 10.6. The Balaban J connectivity index is 0. The summed E-state index contributed by atoms with van der Waals surface area (Å²) in [5.74, 6) is 0. The van der Waals surface area contributed by atoms with Crippen LogP contribution < -0.4 is 0 Å². The third kappa shape index (κ3) is 18.3. The van der Waals surface area contributed by atoms with E-state index in [1.165, 1.54) is 12.0 Å². The van der Waals surface area contributed by atoms with Crippen molar-refractivity contribution in [3.8, 4) is 0 Å². The van der Waals surface area contributed by atoms with Crippen LogP contribution in [0.4, 0.5) is 0 Å². The highest BCUT2D eigenvalue weighted by Gasteiger charge is 1.73. The second-order valence-corrected chi connectivity index (χ2v) is 1.90. The summed E-state index contributed by atoms with van der Waals surface area (Å²) in [5.41, 5.74) is 1.47. The van der Waals surface area contributed by atoms with Gasteiger partial charge in [0, 0.05) is 14.2 Å². The topological polar surface area (TPSA) is 9.23 Å². The van der Waals surface area contributed by atoms with Gasteiger partial charge in [-0.3, -0.25) is 0 Å². The number of methoxy groups -OCH3 is 1. The Morgan fingerprint density at radius 2 is 1.78 bits per heavy atom. The van der Waals surface area contributed by atoms with Crippen molar-refractivity contribution >= 4 is 0 Å². The average Bonchev–Trinajstić information content (AvgIpc) is 1.88. The fourth-order valence-corrected chi connectivity index (χ4v) is 0.204. The minimum atomic E-state index is 1.19. The van der Waals surface area contributed by atoms with E-state index in [4.69, 9.17) is 0 Å². The summed E-state index contributed by atoms with van der Waals surface area (Å²) >= 11 is 0. The molecule has 9 heavy (non-hydrogen) atoms. The van der Waals surface area contributed by atoms with Crippen molar-refractivity contribution < 1.29 is 4.74 Å². The molecule has 0 unspecified atom stereocenters. The molecule has 0 fully saturated rings. The molecule has 1 nitrogen and oxygen atoms in total. The van der Waals surface area contributed by atoms with Crippen LogP contribution in [0.25, 0.3) is 0 Å². The van der Waals surface area contributed by atoms with Crippen molar-refractivity contribution in [2.24, 2.45) is 0 Å². The molecule has 0 atom stereocenters. The van der Waals surface area contributed by atoms with E-state index in [2.05, 4.69) is 31.6 Å². The predicted molar refractivity (Wildman–Crippen MR) is 42.7 cm³/mol. The van der Waals surface area contributed by atoms with Crippen molar-refractivity contribution in [1.29, 1.82) is 0 Å². The van der Waals surface area contributed by atoms with Gasteiger partial charge in [0.05, 0.1) is 0 Å². The van der Waals surface area contributed by atoms with E-state index < -0.39 is 0 Å². The molecule has 0 N–H and O–H groups in total. The van der Waals surface area contributed by atoms with Crippen LogP contribution in [0, 0.1) is 0 Å². The van der Waals surface area contributed by atoms with E-state index >= 15 is 0 Å². The zero-order valence-corrected chi connectivity index (χ0v) is 7.19. The molecule has 0 aliphatic heterocycles. The second-order valence-electron chi connectivity index (χ2n) is 1.90. The van der Waals surface area contributed by atoms with Crippen molar-refractivity contribution in [3.63, 3.8) is 0 Å². The van der Waals surface area contributed by atoms with Gasteiger partial charge in [-0.05, 0) is 20.3 Å². The maximum absolute atomic E-state index is 4.25. The first-order valence-electron chi connectivity index (χ1n) is 3.24. The van der Waals surface area contributed by atoms with Gasteiger partial charge in [-0.2, -0.15) is 0 Å². The first kappa shape index (κ1) is 11.5. The normalized spacial score (nSPS) is 10.1. The minimum absolute atomic E-state index is 1.19. The minimum Gasteiger partial charge on any atom is -0.388 e. The molecule has 56 valence electrons. The number of hydrogen-bond donors (Lipinski definition) is 0. The molecule has 0 bridgehead atoms. The van der Waals surface area contributed by atoms with Crippen LogP contribution in [0.1, 0.15) is 27.2 Å². The van der Waals surface area contributed by atoms with E-state index in [1.807, 2.05) is 0 Å². The summed E-state index contributed by atoms with van der Waals surface area (Å²) in [4.78, 5) is 0. The lowest BCUT2D eigenvalue weighted by Gasteiger charge is -1.85. The van der Waals surface area contributed by atoms with Gasteiger partial charge in [0.15, 0.2) is 0 Å². The predicted octanol–water partition coefficient (Wildman–Crippen LogP) is 2.63. The van der Waals surface area contributed by atoms with Crippen molar-refractivity contribution in [2.45, 2.75) is 27.2 Å². The third-order valence-electron chi connectivity index (χ3n) is 1.05. The van der Waals surface area contributed by atoms with E-state index in [1.54, 1.807) is 14.2 Å². The Morgan fingerprint density at radius 3 is 1.78 bits per heavy atom. The largest absolute Gasteiger partial charge is 0.388 e. The number of rotatable bonds is 1. The van der Waals surface area contributed by atoms with Crippen LogP contribution in [0.2, 0.25) is 0 Å². The smallest absolute Gasteiger partial charge is 0.0351 e. The number of allylic oxidation sites excluding steroid dienone is 2. The Hall–Kier alpha value is -0.300. The van der Waals surface area contributed by atoms with Gasteiger partial charge >= 0.3 is 0 Å².